The average molecular weight is 492 g/mol. The second kappa shape index (κ2) is 10.5. The molecule has 1 aliphatic heterocycles. The van der Waals surface area contributed by atoms with Crippen LogP contribution < -0.4 is 4.74 Å². The first-order chi connectivity index (χ1) is 15.7. The Kier molecular flexibility index (Phi) is 7.92. The summed E-state index contributed by atoms with van der Waals surface area (Å²) in [5.74, 6) is -0.329. The molecule has 9 heteroatoms. The number of halogens is 2. The maximum absolute atomic E-state index is 14.3. The fraction of sp³-hybridized carbons (Fsp3) is 0.333. The summed E-state index contributed by atoms with van der Waals surface area (Å²) in [6.07, 6.45) is 3.16. The van der Waals surface area contributed by atoms with Gasteiger partial charge in [0.2, 0.25) is 0 Å². The van der Waals surface area contributed by atoms with Crippen LogP contribution in [-0.2, 0) is 23.9 Å². The van der Waals surface area contributed by atoms with Gasteiger partial charge in [-0.1, -0.05) is 31.5 Å². The SMILES string of the molecule is CC.CC(C)Oc1ccc(S(C)=O)cc1C(=O)N1Cc2cn(-c3cccc(Cl)c3F)nc2C1. The Hall–Kier alpha value is -2.71. The minimum atomic E-state index is -1.23. The lowest BCUT2D eigenvalue weighted by Crippen LogP contribution is -2.27. The molecule has 0 bridgehead atoms. The molecule has 1 atom stereocenters. The summed E-state index contributed by atoms with van der Waals surface area (Å²) >= 11 is 5.87. The largest absolute Gasteiger partial charge is 0.490 e. The van der Waals surface area contributed by atoms with E-state index in [0.717, 1.165) is 5.56 Å². The highest BCUT2D eigenvalue weighted by atomic mass is 35.5. The molecule has 1 aliphatic rings. The van der Waals surface area contributed by atoms with E-state index in [2.05, 4.69) is 5.10 Å². The van der Waals surface area contributed by atoms with Crippen molar-refractivity contribution in [2.45, 2.75) is 51.8 Å². The van der Waals surface area contributed by atoms with Crippen molar-refractivity contribution in [3.63, 3.8) is 0 Å². The number of rotatable bonds is 5. The highest BCUT2D eigenvalue weighted by molar-refractivity contribution is 7.84. The van der Waals surface area contributed by atoms with Crippen molar-refractivity contribution in [1.29, 1.82) is 0 Å². The normalized spacial score (nSPS) is 13.4. The Balaban J connectivity index is 0.00000149. The molecule has 3 aromatic rings. The monoisotopic (exact) mass is 491 g/mol. The van der Waals surface area contributed by atoms with Crippen LogP contribution in [0.15, 0.2) is 47.5 Å². The van der Waals surface area contributed by atoms with Crippen molar-refractivity contribution in [3.05, 3.63) is 70.3 Å². The van der Waals surface area contributed by atoms with Crippen LogP contribution in [0.1, 0.15) is 49.3 Å². The summed E-state index contributed by atoms with van der Waals surface area (Å²) in [6.45, 7) is 8.37. The summed E-state index contributed by atoms with van der Waals surface area (Å²) < 4.78 is 33.5. The highest BCUT2D eigenvalue weighted by Crippen LogP contribution is 2.30. The van der Waals surface area contributed by atoms with Gasteiger partial charge in [-0.3, -0.25) is 9.00 Å². The maximum Gasteiger partial charge on any atom is 0.258 e. The van der Waals surface area contributed by atoms with E-state index in [9.17, 15) is 13.4 Å². The zero-order valence-electron chi connectivity index (χ0n) is 19.3. The number of carbonyl (C=O) groups excluding carboxylic acids is 1. The van der Waals surface area contributed by atoms with Crippen LogP contribution in [0.5, 0.6) is 5.75 Å². The van der Waals surface area contributed by atoms with Crippen LogP contribution >= 0.6 is 11.6 Å². The fourth-order valence-corrected chi connectivity index (χ4v) is 4.18. The molecular formula is C24H27ClFN3O3S. The van der Waals surface area contributed by atoms with E-state index in [1.807, 2.05) is 27.7 Å². The average Bonchev–Trinajstić information content (AvgIpc) is 3.36. The Morgan fingerprint density at radius 3 is 2.58 bits per heavy atom. The third-order valence-electron chi connectivity index (χ3n) is 4.92. The van der Waals surface area contributed by atoms with Crippen LogP contribution in [0.3, 0.4) is 0 Å². The number of carbonyl (C=O) groups is 1. The first-order valence-corrected chi connectivity index (χ1v) is 12.6. The number of amides is 1. The van der Waals surface area contributed by atoms with Gasteiger partial charge in [0.25, 0.3) is 5.91 Å². The van der Waals surface area contributed by atoms with Crippen molar-refractivity contribution < 1.29 is 18.1 Å². The second-order valence-corrected chi connectivity index (χ2v) is 9.35. The van der Waals surface area contributed by atoms with E-state index >= 15 is 0 Å². The summed E-state index contributed by atoms with van der Waals surface area (Å²) in [5, 5.41) is 4.47. The van der Waals surface area contributed by atoms with Crippen LogP contribution in [0, 0.1) is 5.82 Å². The molecule has 0 saturated heterocycles. The number of ether oxygens (including phenoxy) is 1. The molecule has 176 valence electrons. The Labute approximate surface area is 200 Å². The van der Waals surface area contributed by atoms with E-state index in [1.165, 1.54) is 10.7 Å². The summed E-state index contributed by atoms with van der Waals surface area (Å²) in [4.78, 5) is 15.5. The topological polar surface area (TPSA) is 64.4 Å². The quantitative estimate of drug-likeness (QED) is 0.481. The van der Waals surface area contributed by atoms with Crippen molar-refractivity contribution in [3.8, 4) is 11.4 Å². The first-order valence-electron chi connectivity index (χ1n) is 10.7. The molecule has 4 rings (SSSR count). The lowest BCUT2D eigenvalue weighted by molar-refractivity contribution is 0.0742. The summed E-state index contributed by atoms with van der Waals surface area (Å²) in [7, 11) is -1.23. The second-order valence-electron chi connectivity index (χ2n) is 7.56. The molecule has 0 spiro atoms. The van der Waals surface area contributed by atoms with Crippen molar-refractivity contribution in [2.75, 3.05) is 6.26 Å². The van der Waals surface area contributed by atoms with Crippen LogP contribution in [0.25, 0.3) is 5.69 Å². The van der Waals surface area contributed by atoms with Gasteiger partial charge in [-0.05, 0) is 44.2 Å². The number of fused-ring (bicyclic) bond motifs is 1. The third kappa shape index (κ3) is 5.28. The molecule has 1 aromatic heterocycles. The summed E-state index contributed by atoms with van der Waals surface area (Å²) in [5.41, 5.74) is 2.13. The summed E-state index contributed by atoms with van der Waals surface area (Å²) in [6, 6.07) is 9.73. The number of hydrogen-bond acceptors (Lipinski definition) is 4. The molecule has 1 unspecified atom stereocenters. The van der Waals surface area contributed by atoms with Gasteiger partial charge in [-0.15, -0.1) is 0 Å². The fourth-order valence-electron chi connectivity index (χ4n) is 3.47. The maximum atomic E-state index is 14.3. The van der Waals surface area contributed by atoms with Crippen LogP contribution in [0.4, 0.5) is 4.39 Å². The van der Waals surface area contributed by atoms with Gasteiger partial charge in [0.1, 0.15) is 11.4 Å². The molecule has 33 heavy (non-hydrogen) atoms. The van der Waals surface area contributed by atoms with Gasteiger partial charge in [0, 0.05) is 40.3 Å². The predicted octanol–water partition coefficient (Wildman–Crippen LogP) is 5.37. The van der Waals surface area contributed by atoms with Crippen LogP contribution in [-0.4, -0.2) is 37.2 Å². The molecule has 0 radical (unpaired) electrons. The first kappa shape index (κ1) is 24.9. The predicted molar refractivity (Wildman–Crippen MR) is 128 cm³/mol. The van der Waals surface area contributed by atoms with Gasteiger partial charge >= 0.3 is 0 Å². The Bertz CT molecular complexity index is 1170. The molecular weight excluding hydrogens is 465 g/mol. The lowest BCUT2D eigenvalue weighted by Gasteiger charge is -2.20. The molecule has 0 aliphatic carbocycles. The Morgan fingerprint density at radius 1 is 1.21 bits per heavy atom. The van der Waals surface area contributed by atoms with E-state index in [1.54, 1.807) is 47.7 Å². The van der Waals surface area contributed by atoms with Gasteiger partial charge in [0.05, 0.1) is 28.9 Å². The highest BCUT2D eigenvalue weighted by Gasteiger charge is 2.30. The number of hydrogen-bond donors (Lipinski definition) is 0. The van der Waals surface area contributed by atoms with Crippen molar-refractivity contribution in [1.82, 2.24) is 14.7 Å². The lowest BCUT2D eigenvalue weighted by atomic mass is 10.1. The van der Waals surface area contributed by atoms with E-state index in [-0.39, 0.29) is 29.3 Å². The third-order valence-corrected chi connectivity index (χ3v) is 6.13. The standard InChI is InChI=1S/C22H21ClFN3O3S.C2H6/c1-13(2)30-20-8-7-15(31(3)29)9-16(20)22(28)26-10-14-11-27(25-18(14)12-26)19-6-4-5-17(23)21(19)24;1-2/h4-9,11,13H,10,12H2,1-3H3;1-2H3. The minimum Gasteiger partial charge on any atom is -0.490 e. The van der Waals surface area contributed by atoms with Crippen molar-refractivity contribution >= 4 is 28.3 Å². The van der Waals surface area contributed by atoms with Gasteiger partial charge in [-0.25, -0.2) is 9.07 Å². The molecule has 2 heterocycles. The number of aromatic nitrogens is 2. The van der Waals surface area contributed by atoms with Gasteiger partial charge < -0.3 is 9.64 Å². The minimum absolute atomic E-state index is 0.0239. The zero-order valence-corrected chi connectivity index (χ0v) is 20.8. The molecule has 1 amide bonds. The number of nitrogens with zero attached hydrogens (tertiary/aromatic N) is 3. The molecule has 0 fully saturated rings. The zero-order chi connectivity index (χ0) is 24.3. The van der Waals surface area contributed by atoms with E-state index in [4.69, 9.17) is 16.3 Å². The van der Waals surface area contributed by atoms with E-state index < -0.39 is 16.6 Å². The smallest absolute Gasteiger partial charge is 0.258 e. The van der Waals surface area contributed by atoms with Crippen LogP contribution in [0.2, 0.25) is 5.02 Å². The Morgan fingerprint density at radius 2 is 1.94 bits per heavy atom. The van der Waals surface area contributed by atoms with Gasteiger partial charge in [0.15, 0.2) is 5.82 Å². The molecule has 0 saturated carbocycles. The molecule has 2 aromatic carbocycles. The molecule has 0 N–H and O–H groups in total. The van der Waals surface area contributed by atoms with E-state index in [0.29, 0.717) is 28.4 Å². The van der Waals surface area contributed by atoms with Crippen molar-refractivity contribution in [2.24, 2.45) is 0 Å². The van der Waals surface area contributed by atoms with Gasteiger partial charge in [-0.2, -0.15) is 5.10 Å². The number of benzene rings is 2. The molecule has 6 nitrogen and oxygen atoms in total.